The Morgan fingerprint density at radius 2 is 2.08 bits per heavy atom. The van der Waals surface area contributed by atoms with Crippen LogP contribution in [0, 0.1) is 5.92 Å². The maximum absolute atomic E-state index is 10.5. The smallest absolute Gasteiger partial charge is 0.407 e. The summed E-state index contributed by atoms with van der Waals surface area (Å²) in [7, 11) is 0. The van der Waals surface area contributed by atoms with Gasteiger partial charge in [0.2, 0.25) is 0 Å². The number of hydrogen-bond acceptors (Lipinski definition) is 2. The monoisotopic (exact) mass is 171 g/mol. The third-order valence-corrected chi connectivity index (χ3v) is 2.31. The highest BCUT2D eigenvalue weighted by molar-refractivity contribution is 5.65. The second-order valence-electron chi connectivity index (χ2n) is 3.12. The van der Waals surface area contributed by atoms with Gasteiger partial charge in [-0.15, -0.1) is 0 Å². The van der Waals surface area contributed by atoms with Crippen LogP contribution in [0.1, 0.15) is 19.3 Å². The Hall–Kier alpha value is -1.06. The molecule has 1 rings (SSSR count). The lowest BCUT2D eigenvalue weighted by Crippen LogP contribution is -2.37. The number of nitrogens with zero attached hydrogens (tertiary/aromatic N) is 1. The number of amides is 1. The molecule has 1 aliphatic heterocycles. The van der Waals surface area contributed by atoms with E-state index in [1.165, 1.54) is 4.90 Å². The molecule has 0 aromatic carbocycles. The Kier molecular flexibility index (Phi) is 3.08. The highest BCUT2D eigenvalue weighted by Gasteiger charge is 2.21. The van der Waals surface area contributed by atoms with Crippen LogP contribution in [0.5, 0.6) is 0 Å². The topological polar surface area (TPSA) is 57.6 Å². The minimum Gasteiger partial charge on any atom is -0.465 e. The van der Waals surface area contributed by atoms with Crippen LogP contribution in [0.15, 0.2) is 0 Å². The molecule has 0 aromatic heterocycles. The van der Waals surface area contributed by atoms with E-state index in [0.717, 1.165) is 19.1 Å². The van der Waals surface area contributed by atoms with E-state index in [4.69, 9.17) is 5.11 Å². The lowest BCUT2D eigenvalue weighted by molar-refractivity contribution is -0.108. The Morgan fingerprint density at radius 3 is 2.50 bits per heavy atom. The molecule has 0 atom stereocenters. The van der Waals surface area contributed by atoms with Crippen LogP contribution in [0.25, 0.3) is 0 Å². The predicted octanol–water partition coefficient (Wildman–Crippen LogP) is 0.965. The summed E-state index contributed by atoms with van der Waals surface area (Å²) in [5.41, 5.74) is 0. The molecule has 1 aliphatic rings. The number of aldehydes is 1. The van der Waals surface area contributed by atoms with E-state index in [-0.39, 0.29) is 0 Å². The van der Waals surface area contributed by atoms with Gasteiger partial charge < -0.3 is 14.8 Å². The molecular weight excluding hydrogens is 158 g/mol. The normalized spacial score (nSPS) is 19.2. The lowest BCUT2D eigenvalue weighted by Gasteiger charge is -2.28. The number of piperidine rings is 1. The number of carbonyl (C=O) groups excluding carboxylic acids is 1. The van der Waals surface area contributed by atoms with Crippen molar-refractivity contribution >= 4 is 12.4 Å². The van der Waals surface area contributed by atoms with Crippen molar-refractivity contribution in [1.82, 2.24) is 4.90 Å². The SMILES string of the molecule is O=CCC1CCN(C(=O)O)CC1. The van der Waals surface area contributed by atoms with E-state index in [1.54, 1.807) is 0 Å². The molecule has 0 radical (unpaired) electrons. The van der Waals surface area contributed by atoms with Crippen LogP contribution in [-0.4, -0.2) is 35.5 Å². The lowest BCUT2D eigenvalue weighted by atomic mass is 9.94. The van der Waals surface area contributed by atoms with Crippen LogP contribution >= 0.6 is 0 Å². The fraction of sp³-hybridized carbons (Fsp3) is 0.750. The number of likely N-dealkylation sites (tertiary alicyclic amines) is 1. The van der Waals surface area contributed by atoms with Crippen molar-refractivity contribution in [2.24, 2.45) is 5.92 Å². The van der Waals surface area contributed by atoms with Crippen molar-refractivity contribution in [3.8, 4) is 0 Å². The summed E-state index contributed by atoms with van der Waals surface area (Å²) < 4.78 is 0. The van der Waals surface area contributed by atoms with E-state index in [9.17, 15) is 9.59 Å². The van der Waals surface area contributed by atoms with E-state index >= 15 is 0 Å². The highest BCUT2D eigenvalue weighted by Crippen LogP contribution is 2.18. The molecule has 12 heavy (non-hydrogen) atoms. The van der Waals surface area contributed by atoms with Gasteiger partial charge in [-0.2, -0.15) is 0 Å². The van der Waals surface area contributed by atoms with Gasteiger partial charge in [0.15, 0.2) is 0 Å². The molecule has 1 N–H and O–H groups in total. The first-order valence-corrected chi connectivity index (χ1v) is 4.15. The van der Waals surface area contributed by atoms with Crippen molar-refractivity contribution < 1.29 is 14.7 Å². The van der Waals surface area contributed by atoms with Crippen molar-refractivity contribution in [1.29, 1.82) is 0 Å². The Labute approximate surface area is 71.2 Å². The molecule has 0 saturated carbocycles. The molecule has 0 spiro atoms. The van der Waals surface area contributed by atoms with Crippen LogP contribution in [0.2, 0.25) is 0 Å². The number of rotatable bonds is 2. The summed E-state index contributed by atoms with van der Waals surface area (Å²) in [5.74, 6) is 0.401. The Balaban J connectivity index is 2.29. The molecular formula is C8H13NO3. The minimum atomic E-state index is -0.848. The van der Waals surface area contributed by atoms with Crippen LogP contribution in [0.3, 0.4) is 0 Å². The van der Waals surface area contributed by atoms with E-state index in [0.29, 0.717) is 25.4 Å². The standard InChI is InChI=1S/C8H13NO3/c10-6-3-7-1-4-9(5-2-7)8(11)12/h6-7H,1-5H2,(H,11,12). The molecule has 4 nitrogen and oxygen atoms in total. The maximum atomic E-state index is 10.5. The molecule has 0 aromatic rings. The average molecular weight is 171 g/mol. The Morgan fingerprint density at radius 1 is 1.50 bits per heavy atom. The van der Waals surface area contributed by atoms with E-state index < -0.39 is 6.09 Å². The first-order chi connectivity index (χ1) is 5.74. The molecule has 4 heteroatoms. The van der Waals surface area contributed by atoms with Crippen LogP contribution in [-0.2, 0) is 4.79 Å². The van der Waals surface area contributed by atoms with Crippen molar-refractivity contribution in [2.45, 2.75) is 19.3 Å². The third-order valence-electron chi connectivity index (χ3n) is 2.31. The molecule has 1 saturated heterocycles. The van der Waals surface area contributed by atoms with Gasteiger partial charge in [-0.3, -0.25) is 0 Å². The molecule has 1 amide bonds. The molecule has 0 bridgehead atoms. The zero-order chi connectivity index (χ0) is 8.97. The number of hydrogen-bond donors (Lipinski definition) is 1. The van der Waals surface area contributed by atoms with Crippen molar-refractivity contribution in [3.63, 3.8) is 0 Å². The van der Waals surface area contributed by atoms with Gasteiger partial charge >= 0.3 is 6.09 Å². The fourth-order valence-corrected chi connectivity index (χ4v) is 1.50. The van der Waals surface area contributed by atoms with Gasteiger partial charge in [0.25, 0.3) is 0 Å². The van der Waals surface area contributed by atoms with Crippen LogP contribution in [0.4, 0.5) is 4.79 Å². The van der Waals surface area contributed by atoms with Crippen molar-refractivity contribution in [2.75, 3.05) is 13.1 Å². The third kappa shape index (κ3) is 2.22. The zero-order valence-electron chi connectivity index (χ0n) is 6.90. The molecule has 68 valence electrons. The van der Waals surface area contributed by atoms with Gasteiger partial charge in [-0.05, 0) is 18.8 Å². The van der Waals surface area contributed by atoms with Gasteiger partial charge in [0, 0.05) is 19.5 Å². The van der Waals surface area contributed by atoms with Gasteiger partial charge in [0.1, 0.15) is 6.29 Å². The highest BCUT2D eigenvalue weighted by atomic mass is 16.4. The quantitative estimate of drug-likeness (QED) is 0.630. The van der Waals surface area contributed by atoms with Gasteiger partial charge in [-0.25, -0.2) is 4.79 Å². The van der Waals surface area contributed by atoms with E-state index in [1.807, 2.05) is 0 Å². The predicted molar refractivity (Wildman–Crippen MR) is 43.0 cm³/mol. The fourth-order valence-electron chi connectivity index (χ4n) is 1.50. The summed E-state index contributed by atoms with van der Waals surface area (Å²) in [6.45, 7) is 1.15. The average Bonchev–Trinajstić information content (AvgIpc) is 2.06. The summed E-state index contributed by atoms with van der Waals surface area (Å²) in [4.78, 5) is 22.0. The van der Waals surface area contributed by atoms with E-state index in [2.05, 4.69) is 0 Å². The summed E-state index contributed by atoms with van der Waals surface area (Å²) >= 11 is 0. The molecule has 1 heterocycles. The summed E-state index contributed by atoms with van der Waals surface area (Å²) in [6, 6.07) is 0. The molecule has 1 fully saturated rings. The zero-order valence-corrected chi connectivity index (χ0v) is 6.90. The summed E-state index contributed by atoms with van der Waals surface area (Å²) in [5, 5.41) is 8.61. The first kappa shape index (κ1) is 9.03. The number of carbonyl (C=O) groups is 2. The molecule has 0 unspecified atom stereocenters. The second kappa shape index (κ2) is 4.09. The van der Waals surface area contributed by atoms with Crippen molar-refractivity contribution in [3.05, 3.63) is 0 Å². The van der Waals surface area contributed by atoms with Crippen LogP contribution < -0.4 is 0 Å². The summed E-state index contributed by atoms with van der Waals surface area (Å²) in [6.07, 6.45) is 2.30. The first-order valence-electron chi connectivity index (χ1n) is 4.15. The van der Waals surface area contributed by atoms with Gasteiger partial charge in [-0.1, -0.05) is 0 Å². The number of carboxylic acid groups (broad SMARTS) is 1. The maximum Gasteiger partial charge on any atom is 0.407 e. The Bertz CT molecular complexity index is 173. The largest absolute Gasteiger partial charge is 0.465 e. The van der Waals surface area contributed by atoms with Gasteiger partial charge in [0.05, 0.1) is 0 Å². The minimum absolute atomic E-state index is 0.401. The second-order valence-corrected chi connectivity index (χ2v) is 3.12. The molecule has 0 aliphatic carbocycles.